The average molecular weight is 261 g/mol. The summed E-state index contributed by atoms with van der Waals surface area (Å²) in [4.78, 5) is 15.9. The summed E-state index contributed by atoms with van der Waals surface area (Å²) in [7, 11) is 0. The Morgan fingerprint density at radius 1 is 1.31 bits per heavy atom. The van der Waals surface area contributed by atoms with E-state index in [1.54, 1.807) is 13.8 Å². The van der Waals surface area contributed by atoms with Crippen LogP contribution in [-0.2, 0) is 0 Å². The van der Waals surface area contributed by atoms with Gasteiger partial charge in [0, 0.05) is 6.04 Å². The van der Waals surface area contributed by atoms with Gasteiger partial charge in [-0.15, -0.1) is 0 Å². The highest BCUT2D eigenvalue weighted by Gasteiger charge is 2.19. The molecule has 5 heteroatoms. The van der Waals surface area contributed by atoms with Gasteiger partial charge in [-0.25, -0.2) is 4.98 Å². The number of hydrogen-bond donors (Lipinski definition) is 1. The van der Waals surface area contributed by atoms with Crippen LogP contribution in [0.3, 0.4) is 0 Å². The minimum atomic E-state index is -0.244. The second-order valence-electron chi connectivity index (χ2n) is 3.93. The van der Waals surface area contributed by atoms with Crippen molar-refractivity contribution in [2.24, 2.45) is 0 Å². The van der Waals surface area contributed by atoms with E-state index in [4.69, 9.17) is 23.2 Å². The number of aromatic nitrogens is 1. The molecule has 0 unspecified atom stereocenters. The zero-order chi connectivity index (χ0) is 12.5. The van der Waals surface area contributed by atoms with Gasteiger partial charge in [0.25, 0.3) is 5.91 Å². The quantitative estimate of drug-likeness (QED) is 0.831. The highest BCUT2D eigenvalue weighted by molar-refractivity contribution is 6.35. The van der Waals surface area contributed by atoms with Crippen molar-refractivity contribution in [3.63, 3.8) is 0 Å². The summed E-state index contributed by atoms with van der Waals surface area (Å²) in [5, 5.41) is 3.44. The summed E-state index contributed by atoms with van der Waals surface area (Å²) in [6, 6.07) is 0.0445. The molecule has 0 saturated carbocycles. The molecule has 1 rings (SSSR count). The van der Waals surface area contributed by atoms with Gasteiger partial charge in [-0.05, 0) is 33.3 Å². The van der Waals surface area contributed by atoms with Crippen LogP contribution in [0, 0.1) is 13.8 Å². The van der Waals surface area contributed by atoms with E-state index in [9.17, 15) is 4.79 Å². The lowest BCUT2D eigenvalue weighted by atomic mass is 10.1. The maximum atomic E-state index is 11.9. The van der Waals surface area contributed by atoms with Crippen LogP contribution >= 0.6 is 23.2 Å². The minimum absolute atomic E-state index is 0.0445. The number of rotatable bonds is 2. The Kier molecular flexibility index (Phi) is 4.16. The van der Waals surface area contributed by atoms with Crippen LogP contribution in [0.25, 0.3) is 0 Å². The normalized spacial score (nSPS) is 10.7. The molecule has 1 aromatic heterocycles. The molecule has 0 spiro atoms. The van der Waals surface area contributed by atoms with E-state index in [-0.39, 0.29) is 17.1 Å². The van der Waals surface area contributed by atoms with Gasteiger partial charge in [0.15, 0.2) is 0 Å². The van der Waals surface area contributed by atoms with Gasteiger partial charge >= 0.3 is 0 Å². The van der Waals surface area contributed by atoms with Crippen molar-refractivity contribution in [2.75, 3.05) is 0 Å². The van der Waals surface area contributed by atoms with Gasteiger partial charge in [0.2, 0.25) is 0 Å². The van der Waals surface area contributed by atoms with Crippen molar-refractivity contribution < 1.29 is 4.79 Å². The van der Waals surface area contributed by atoms with Gasteiger partial charge in [0.05, 0.1) is 16.3 Å². The Bertz CT molecular complexity index is 430. The van der Waals surface area contributed by atoms with Crippen LogP contribution < -0.4 is 5.32 Å². The lowest BCUT2D eigenvalue weighted by Crippen LogP contribution is -2.31. The summed E-state index contributed by atoms with van der Waals surface area (Å²) in [6.45, 7) is 7.28. The van der Waals surface area contributed by atoms with E-state index < -0.39 is 0 Å². The third kappa shape index (κ3) is 2.66. The molecular weight excluding hydrogens is 247 g/mol. The summed E-state index contributed by atoms with van der Waals surface area (Å²) in [5.74, 6) is -0.244. The smallest absolute Gasteiger partial charge is 0.254 e. The van der Waals surface area contributed by atoms with Crippen molar-refractivity contribution in [1.29, 1.82) is 0 Å². The first kappa shape index (κ1) is 13.3. The van der Waals surface area contributed by atoms with E-state index >= 15 is 0 Å². The summed E-state index contributed by atoms with van der Waals surface area (Å²) >= 11 is 12.0. The fraction of sp³-hybridized carbons (Fsp3) is 0.455. The van der Waals surface area contributed by atoms with Crippen LogP contribution in [0.4, 0.5) is 0 Å². The zero-order valence-electron chi connectivity index (χ0n) is 9.69. The second-order valence-corrected chi connectivity index (χ2v) is 4.67. The molecule has 16 heavy (non-hydrogen) atoms. The van der Waals surface area contributed by atoms with E-state index in [0.29, 0.717) is 21.8 Å². The number of amides is 1. The number of carbonyl (C=O) groups excluding carboxylic acids is 1. The van der Waals surface area contributed by atoms with Crippen molar-refractivity contribution in [3.05, 3.63) is 27.0 Å². The molecule has 1 heterocycles. The largest absolute Gasteiger partial charge is 0.350 e. The fourth-order valence-electron chi connectivity index (χ4n) is 1.39. The van der Waals surface area contributed by atoms with Crippen LogP contribution in [-0.4, -0.2) is 16.9 Å². The second kappa shape index (κ2) is 5.02. The molecule has 0 fully saturated rings. The third-order valence-corrected chi connectivity index (χ3v) is 2.97. The number of nitrogens with zero attached hydrogens (tertiary/aromatic N) is 1. The molecule has 88 valence electrons. The Labute approximate surface area is 105 Å². The number of nitrogens with one attached hydrogen (secondary N) is 1. The van der Waals surface area contributed by atoms with Gasteiger partial charge in [0.1, 0.15) is 5.15 Å². The number of hydrogen-bond acceptors (Lipinski definition) is 2. The van der Waals surface area contributed by atoms with Gasteiger partial charge in [-0.2, -0.15) is 0 Å². The first-order chi connectivity index (χ1) is 7.34. The molecule has 1 aromatic rings. The predicted molar refractivity (Wildman–Crippen MR) is 66.3 cm³/mol. The number of aryl methyl sites for hydroxylation is 1. The van der Waals surface area contributed by atoms with Crippen LogP contribution in [0.15, 0.2) is 0 Å². The SMILES string of the molecule is Cc1nc(Cl)c(C(=O)NC(C)C)c(C)c1Cl. The van der Waals surface area contributed by atoms with Crippen molar-refractivity contribution in [3.8, 4) is 0 Å². The lowest BCUT2D eigenvalue weighted by molar-refractivity contribution is 0.0942. The molecule has 0 radical (unpaired) electrons. The molecule has 0 aliphatic rings. The monoisotopic (exact) mass is 260 g/mol. The van der Waals surface area contributed by atoms with Gasteiger partial charge < -0.3 is 5.32 Å². The number of halogens is 2. The summed E-state index contributed by atoms with van der Waals surface area (Å²) < 4.78 is 0. The molecule has 0 saturated heterocycles. The standard InChI is InChI=1S/C11H14Cl2N2O/c1-5(2)14-11(16)8-6(3)9(12)7(4)15-10(8)13/h5H,1-4H3,(H,14,16). The van der Waals surface area contributed by atoms with Gasteiger partial charge in [-0.3, -0.25) is 4.79 Å². The van der Waals surface area contributed by atoms with Crippen LogP contribution in [0.2, 0.25) is 10.2 Å². The third-order valence-electron chi connectivity index (χ3n) is 2.14. The molecule has 0 aliphatic heterocycles. The van der Waals surface area contributed by atoms with E-state index in [1.165, 1.54) is 0 Å². The minimum Gasteiger partial charge on any atom is -0.350 e. The Morgan fingerprint density at radius 2 is 1.88 bits per heavy atom. The van der Waals surface area contributed by atoms with E-state index in [2.05, 4.69) is 10.3 Å². The summed E-state index contributed by atoms with van der Waals surface area (Å²) in [5.41, 5.74) is 1.65. The number of carbonyl (C=O) groups is 1. The molecule has 0 aliphatic carbocycles. The van der Waals surface area contributed by atoms with Crippen molar-refractivity contribution >= 4 is 29.1 Å². The molecular formula is C11H14Cl2N2O. The lowest BCUT2D eigenvalue weighted by Gasteiger charge is -2.13. The first-order valence-corrected chi connectivity index (χ1v) is 5.73. The molecule has 1 amide bonds. The fourth-order valence-corrected chi connectivity index (χ4v) is 1.88. The maximum Gasteiger partial charge on any atom is 0.254 e. The topological polar surface area (TPSA) is 42.0 Å². The Balaban J connectivity index is 3.24. The van der Waals surface area contributed by atoms with Crippen molar-refractivity contribution in [1.82, 2.24) is 10.3 Å². The molecule has 0 atom stereocenters. The maximum absolute atomic E-state index is 11.9. The molecule has 0 bridgehead atoms. The molecule has 0 aromatic carbocycles. The highest BCUT2D eigenvalue weighted by Crippen LogP contribution is 2.27. The number of pyridine rings is 1. The van der Waals surface area contributed by atoms with Crippen LogP contribution in [0.5, 0.6) is 0 Å². The average Bonchev–Trinajstić information content (AvgIpc) is 2.13. The van der Waals surface area contributed by atoms with Crippen LogP contribution in [0.1, 0.15) is 35.5 Å². The van der Waals surface area contributed by atoms with E-state index in [0.717, 1.165) is 0 Å². The van der Waals surface area contributed by atoms with E-state index in [1.807, 2.05) is 13.8 Å². The van der Waals surface area contributed by atoms with Gasteiger partial charge in [-0.1, -0.05) is 23.2 Å². The molecule has 1 N–H and O–H groups in total. The summed E-state index contributed by atoms with van der Waals surface area (Å²) in [6.07, 6.45) is 0. The Morgan fingerprint density at radius 3 is 2.38 bits per heavy atom. The molecule has 3 nitrogen and oxygen atoms in total. The zero-order valence-corrected chi connectivity index (χ0v) is 11.2. The predicted octanol–water partition coefficient (Wildman–Crippen LogP) is 3.14. The highest BCUT2D eigenvalue weighted by atomic mass is 35.5. The van der Waals surface area contributed by atoms with Crippen molar-refractivity contribution in [2.45, 2.75) is 33.7 Å². The Hall–Kier alpha value is -0.800. The first-order valence-electron chi connectivity index (χ1n) is 4.97.